The molecule has 0 bridgehead atoms. The van der Waals surface area contributed by atoms with E-state index in [0.717, 1.165) is 11.1 Å². The third-order valence-electron chi connectivity index (χ3n) is 5.80. The predicted octanol–water partition coefficient (Wildman–Crippen LogP) is 2.76. The molecule has 4 N–H and O–H groups in total. The highest BCUT2D eigenvalue weighted by atomic mass is 19.4. The first-order chi connectivity index (χ1) is 13.8. The average molecular weight is 428 g/mol. The maximum atomic E-state index is 13.2. The Labute approximate surface area is 175 Å². The summed E-state index contributed by atoms with van der Waals surface area (Å²) in [6, 6.07) is 6.61. The van der Waals surface area contributed by atoms with Gasteiger partial charge in [-0.25, -0.2) is 10.4 Å². The molecule has 0 spiro atoms. The Morgan fingerprint density at radius 3 is 2.23 bits per heavy atom. The number of nitrogens with zero attached hydrogens (tertiary/aromatic N) is 1. The number of carbonyl (C=O) groups is 1. The molecule has 168 valence electrons. The molecule has 2 saturated heterocycles. The van der Waals surface area contributed by atoms with Gasteiger partial charge in [0.05, 0.1) is 24.5 Å². The predicted molar refractivity (Wildman–Crippen MR) is 107 cm³/mol. The number of carbonyl (C=O) groups excluding carboxylic acids is 1. The third kappa shape index (κ3) is 4.80. The average Bonchev–Trinajstić information content (AvgIpc) is 2.90. The minimum absolute atomic E-state index is 0.0201. The molecule has 9 heteroatoms. The van der Waals surface area contributed by atoms with Gasteiger partial charge in [-0.1, -0.05) is 58.9 Å². The van der Waals surface area contributed by atoms with Crippen molar-refractivity contribution < 1.29 is 23.1 Å². The van der Waals surface area contributed by atoms with E-state index < -0.39 is 43.0 Å². The molecule has 3 rings (SSSR count). The monoisotopic (exact) mass is 428 g/mol. The van der Waals surface area contributed by atoms with Crippen LogP contribution in [-0.2, 0) is 10.2 Å². The lowest BCUT2D eigenvalue weighted by atomic mass is 9.85. The maximum Gasteiger partial charge on any atom is 0.390 e. The summed E-state index contributed by atoms with van der Waals surface area (Å²) in [4.78, 5) is 12.5. The van der Waals surface area contributed by atoms with E-state index in [1.54, 1.807) is 5.01 Å². The van der Waals surface area contributed by atoms with E-state index >= 15 is 0 Å². The van der Waals surface area contributed by atoms with Crippen molar-refractivity contribution in [1.29, 1.82) is 0 Å². The number of hydrogen-bond acceptors (Lipinski definition) is 5. The maximum absolute atomic E-state index is 13.2. The van der Waals surface area contributed by atoms with E-state index in [1.807, 2.05) is 38.1 Å². The van der Waals surface area contributed by atoms with E-state index in [2.05, 4.69) is 36.8 Å². The van der Waals surface area contributed by atoms with E-state index in [1.165, 1.54) is 0 Å². The molecule has 2 aliphatic rings. The van der Waals surface area contributed by atoms with Crippen LogP contribution in [0.4, 0.5) is 13.2 Å². The number of hydrogen-bond donors (Lipinski definition) is 4. The van der Waals surface area contributed by atoms with Gasteiger partial charge < -0.3 is 10.4 Å². The number of fused-ring (bicyclic) bond motifs is 1. The number of halogens is 3. The Bertz CT molecular complexity index is 761. The molecule has 6 nitrogen and oxygen atoms in total. The smallest absolute Gasteiger partial charge is 0.361 e. The lowest BCUT2D eigenvalue weighted by molar-refractivity contribution is -0.147. The van der Waals surface area contributed by atoms with Crippen LogP contribution in [-0.4, -0.2) is 40.8 Å². The molecule has 1 aromatic rings. The van der Waals surface area contributed by atoms with Gasteiger partial charge in [0.15, 0.2) is 6.35 Å². The van der Waals surface area contributed by atoms with Crippen LogP contribution >= 0.6 is 0 Å². The summed E-state index contributed by atoms with van der Waals surface area (Å²) in [6.07, 6.45) is -7.64. The quantitative estimate of drug-likeness (QED) is 0.593. The second-order valence-electron chi connectivity index (χ2n) is 9.57. The minimum Gasteiger partial charge on any atom is -0.361 e. The fourth-order valence-corrected chi connectivity index (χ4v) is 4.41. The van der Waals surface area contributed by atoms with Crippen molar-refractivity contribution >= 4 is 5.91 Å². The van der Waals surface area contributed by atoms with Crippen LogP contribution in [0.3, 0.4) is 0 Å². The second-order valence-corrected chi connectivity index (χ2v) is 9.57. The molecule has 5 unspecified atom stereocenters. The highest BCUT2D eigenvalue weighted by Crippen LogP contribution is 2.39. The second kappa shape index (κ2) is 8.11. The zero-order valence-electron chi connectivity index (χ0n) is 17.9. The molecule has 0 saturated carbocycles. The summed E-state index contributed by atoms with van der Waals surface area (Å²) in [5, 5.41) is 16.8. The number of alkyl halides is 3. The molecule has 30 heavy (non-hydrogen) atoms. The zero-order valence-corrected chi connectivity index (χ0v) is 17.9. The number of nitrogens with one attached hydrogen (secondary N) is 3. The normalized spacial score (nSPS) is 29.1. The molecule has 1 amide bonds. The van der Waals surface area contributed by atoms with Gasteiger partial charge in [0.1, 0.15) is 0 Å². The number of rotatable bonds is 4. The standard InChI is InChI=1S/C21H31F3N4O2/c1-11(2)16(12-6-8-13(9-7-12)20(3,4)5)28-17-15(18(29)26-19(30)25-17)14(27-28)10-21(22,23)24/h6-9,11,14-17,19,25,27,30H,10H2,1-5H3,(H,26,29). The molecule has 2 fully saturated rings. The number of benzene rings is 1. The summed E-state index contributed by atoms with van der Waals surface area (Å²) in [6.45, 7) is 10.3. The van der Waals surface area contributed by atoms with E-state index in [-0.39, 0.29) is 17.4 Å². The fourth-order valence-electron chi connectivity index (χ4n) is 4.41. The lowest BCUT2D eigenvalue weighted by Gasteiger charge is -2.40. The van der Waals surface area contributed by atoms with Crippen LogP contribution in [0.2, 0.25) is 0 Å². The topological polar surface area (TPSA) is 76.6 Å². The Balaban J connectivity index is 1.95. The van der Waals surface area contributed by atoms with Crippen LogP contribution in [0.25, 0.3) is 0 Å². The molecule has 1 aromatic carbocycles. The van der Waals surface area contributed by atoms with Crippen molar-refractivity contribution in [2.24, 2.45) is 11.8 Å². The van der Waals surface area contributed by atoms with Crippen LogP contribution in [0.15, 0.2) is 24.3 Å². The summed E-state index contributed by atoms with van der Waals surface area (Å²) >= 11 is 0. The highest BCUT2D eigenvalue weighted by Gasteiger charge is 2.54. The van der Waals surface area contributed by atoms with Crippen LogP contribution < -0.4 is 16.1 Å². The van der Waals surface area contributed by atoms with Crippen molar-refractivity contribution in [1.82, 2.24) is 21.1 Å². The van der Waals surface area contributed by atoms with Gasteiger partial charge in [-0.2, -0.15) is 13.2 Å². The Morgan fingerprint density at radius 2 is 1.73 bits per heavy atom. The Hall–Kier alpha value is -1.68. The van der Waals surface area contributed by atoms with E-state index in [0.29, 0.717) is 0 Å². The van der Waals surface area contributed by atoms with Crippen LogP contribution in [0, 0.1) is 11.8 Å². The summed E-state index contributed by atoms with van der Waals surface area (Å²) < 4.78 is 39.5. The largest absolute Gasteiger partial charge is 0.390 e. The first-order valence-electron chi connectivity index (χ1n) is 10.2. The van der Waals surface area contributed by atoms with Gasteiger partial charge in [-0.05, 0) is 22.5 Å². The Kier molecular flexibility index (Phi) is 6.21. The van der Waals surface area contributed by atoms with Crippen molar-refractivity contribution in [3.63, 3.8) is 0 Å². The fraction of sp³-hybridized carbons (Fsp3) is 0.667. The van der Waals surface area contributed by atoms with Gasteiger partial charge in [0.2, 0.25) is 5.91 Å². The van der Waals surface area contributed by atoms with Crippen LogP contribution in [0.1, 0.15) is 58.2 Å². The zero-order chi connectivity index (χ0) is 22.4. The molecule has 0 aliphatic carbocycles. The molecular formula is C21H31F3N4O2. The number of hydrazine groups is 1. The molecule has 2 heterocycles. The first-order valence-corrected chi connectivity index (χ1v) is 10.2. The number of aliphatic hydroxyl groups is 1. The van der Waals surface area contributed by atoms with Crippen molar-refractivity contribution in [3.05, 3.63) is 35.4 Å². The minimum atomic E-state index is -4.42. The highest BCUT2D eigenvalue weighted by molar-refractivity contribution is 5.81. The summed E-state index contributed by atoms with van der Waals surface area (Å²) in [5.41, 5.74) is 5.01. The van der Waals surface area contributed by atoms with E-state index in [9.17, 15) is 23.1 Å². The SMILES string of the molecule is CC(C)C(c1ccc(C(C)(C)C)cc1)N1NC(CC(F)(F)F)C2C(=O)NC(O)NC21. The van der Waals surface area contributed by atoms with Gasteiger partial charge in [0.25, 0.3) is 0 Å². The summed E-state index contributed by atoms with van der Waals surface area (Å²) in [7, 11) is 0. The van der Waals surface area contributed by atoms with Gasteiger partial charge in [-0.3, -0.25) is 10.1 Å². The van der Waals surface area contributed by atoms with Crippen molar-refractivity contribution in [2.75, 3.05) is 0 Å². The molecule has 2 aliphatic heterocycles. The van der Waals surface area contributed by atoms with Crippen molar-refractivity contribution in [2.45, 2.75) is 77.2 Å². The van der Waals surface area contributed by atoms with E-state index in [4.69, 9.17) is 0 Å². The van der Waals surface area contributed by atoms with Gasteiger partial charge >= 0.3 is 6.18 Å². The Morgan fingerprint density at radius 1 is 1.13 bits per heavy atom. The lowest BCUT2D eigenvalue weighted by Crippen LogP contribution is -2.65. The molecule has 0 aromatic heterocycles. The molecule has 0 radical (unpaired) electrons. The van der Waals surface area contributed by atoms with Crippen molar-refractivity contribution in [3.8, 4) is 0 Å². The van der Waals surface area contributed by atoms with Crippen LogP contribution in [0.5, 0.6) is 0 Å². The first kappa shape index (κ1) is 23.0. The van der Waals surface area contributed by atoms with Gasteiger partial charge in [-0.15, -0.1) is 0 Å². The van der Waals surface area contributed by atoms with Gasteiger partial charge in [0, 0.05) is 6.04 Å². The molecular weight excluding hydrogens is 397 g/mol. The number of amides is 1. The summed E-state index contributed by atoms with van der Waals surface area (Å²) in [5.74, 6) is -1.54. The third-order valence-corrected chi connectivity index (χ3v) is 5.80. The number of aliphatic hydroxyl groups excluding tert-OH is 1. The molecule has 5 atom stereocenters.